The Bertz CT molecular complexity index is 411. The van der Waals surface area contributed by atoms with Gasteiger partial charge >= 0.3 is 0 Å². The molecule has 1 saturated carbocycles. The lowest BCUT2D eigenvalue weighted by Gasteiger charge is -2.26. The first-order valence-corrected chi connectivity index (χ1v) is 7.78. The standard InChI is InChI=1S/C15H20BrNO/c16-12-6-7-15(18-10-11-3-1-4-11)13(9-12)14-5-2-8-17-14/h6-7,9,11,14,17H,1-5,8,10H2. The summed E-state index contributed by atoms with van der Waals surface area (Å²) in [4.78, 5) is 0. The lowest BCUT2D eigenvalue weighted by Crippen LogP contribution is -2.20. The minimum Gasteiger partial charge on any atom is -0.493 e. The number of halogens is 1. The van der Waals surface area contributed by atoms with Gasteiger partial charge in [-0.3, -0.25) is 0 Å². The van der Waals surface area contributed by atoms with Crippen molar-refractivity contribution in [2.45, 2.75) is 38.1 Å². The summed E-state index contributed by atoms with van der Waals surface area (Å²) in [7, 11) is 0. The first-order chi connectivity index (χ1) is 8.83. The van der Waals surface area contributed by atoms with E-state index in [1.807, 2.05) is 0 Å². The van der Waals surface area contributed by atoms with Crippen molar-refractivity contribution in [1.82, 2.24) is 5.32 Å². The molecule has 1 atom stereocenters. The summed E-state index contributed by atoms with van der Waals surface area (Å²) in [5, 5.41) is 3.56. The molecule has 1 heterocycles. The Kier molecular flexibility index (Phi) is 3.90. The van der Waals surface area contributed by atoms with Crippen LogP contribution in [-0.2, 0) is 0 Å². The summed E-state index contributed by atoms with van der Waals surface area (Å²) in [6.45, 7) is 2.01. The van der Waals surface area contributed by atoms with Crippen LogP contribution in [-0.4, -0.2) is 13.2 Å². The van der Waals surface area contributed by atoms with E-state index in [9.17, 15) is 0 Å². The van der Waals surface area contributed by atoms with Crippen LogP contribution in [0.1, 0.15) is 43.7 Å². The van der Waals surface area contributed by atoms with Crippen LogP contribution in [0.4, 0.5) is 0 Å². The Balaban J connectivity index is 1.73. The molecule has 0 amide bonds. The Morgan fingerprint density at radius 2 is 2.11 bits per heavy atom. The highest BCUT2D eigenvalue weighted by molar-refractivity contribution is 9.10. The fourth-order valence-electron chi connectivity index (χ4n) is 2.74. The zero-order chi connectivity index (χ0) is 12.4. The summed E-state index contributed by atoms with van der Waals surface area (Å²) in [5.41, 5.74) is 1.32. The molecule has 1 aromatic carbocycles. The minimum atomic E-state index is 0.471. The van der Waals surface area contributed by atoms with Gasteiger partial charge < -0.3 is 10.1 Å². The van der Waals surface area contributed by atoms with Gasteiger partial charge in [-0.15, -0.1) is 0 Å². The van der Waals surface area contributed by atoms with E-state index in [0.29, 0.717) is 6.04 Å². The van der Waals surface area contributed by atoms with Crippen LogP contribution < -0.4 is 10.1 Å². The van der Waals surface area contributed by atoms with Crippen LogP contribution >= 0.6 is 15.9 Å². The first kappa shape index (κ1) is 12.5. The van der Waals surface area contributed by atoms with Gasteiger partial charge in [0.1, 0.15) is 5.75 Å². The van der Waals surface area contributed by atoms with Crippen molar-refractivity contribution in [3.05, 3.63) is 28.2 Å². The van der Waals surface area contributed by atoms with Crippen LogP contribution in [0.2, 0.25) is 0 Å². The van der Waals surface area contributed by atoms with Gasteiger partial charge in [0, 0.05) is 16.1 Å². The number of nitrogens with one attached hydrogen (secondary N) is 1. The maximum absolute atomic E-state index is 6.05. The number of hydrogen-bond donors (Lipinski definition) is 1. The van der Waals surface area contributed by atoms with E-state index in [-0.39, 0.29) is 0 Å². The molecule has 0 aromatic heterocycles. The molecule has 1 aliphatic carbocycles. The summed E-state index contributed by atoms with van der Waals surface area (Å²) in [5.74, 6) is 1.86. The molecule has 2 aliphatic rings. The second kappa shape index (κ2) is 5.62. The molecule has 3 heteroatoms. The largest absolute Gasteiger partial charge is 0.493 e. The Morgan fingerprint density at radius 3 is 2.78 bits per heavy atom. The number of rotatable bonds is 4. The number of ether oxygens (including phenoxy) is 1. The van der Waals surface area contributed by atoms with E-state index < -0.39 is 0 Å². The smallest absolute Gasteiger partial charge is 0.124 e. The van der Waals surface area contributed by atoms with Crippen molar-refractivity contribution < 1.29 is 4.74 Å². The van der Waals surface area contributed by atoms with Gasteiger partial charge in [0.25, 0.3) is 0 Å². The Labute approximate surface area is 117 Å². The van der Waals surface area contributed by atoms with E-state index in [2.05, 4.69) is 39.4 Å². The van der Waals surface area contributed by atoms with E-state index in [4.69, 9.17) is 4.74 Å². The minimum absolute atomic E-state index is 0.471. The molecular weight excluding hydrogens is 290 g/mol. The van der Waals surface area contributed by atoms with Gasteiger partial charge in [-0.25, -0.2) is 0 Å². The third-order valence-corrected chi connectivity index (χ3v) is 4.60. The van der Waals surface area contributed by atoms with Gasteiger partial charge in [0.2, 0.25) is 0 Å². The molecule has 3 rings (SSSR count). The SMILES string of the molecule is Brc1ccc(OCC2CCC2)c(C2CCCN2)c1. The summed E-state index contributed by atoms with van der Waals surface area (Å²) in [6, 6.07) is 6.87. The first-order valence-electron chi connectivity index (χ1n) is 6.98. The molecule has 18 heavy (non-hydrogen) atoms. The maximum Gasteiger partial charge on any atom is 0.124 e. The third kappa shape index (κ3) is 2.72. The molecule has 1 unspecified atom stereocenters. The Hall–Kier alpha value is -0.540. The molecule has 1 aliphatic heterocycles. The molecule has 0 bridgehead atoms. The highest BCUT2D eigenvalue weighted by Crippen LogP contribution is 2.34. The molecule has 2 fully saturated rings. The van der Waals surface area contributed by atoms with Crippen molar-refractivity contribution in [2.24, 2.45) is 5.92 Å². The zero-order valence-corrected chi connectivity index (χ0v) is 12.2. The molecule has 98 valence electrons. The molecule has 1 N–H and O–H groups in total. The lowest BCUT2D eigenvalue weighted by atomic mass is 9.86. The van der Waals surface area contributed by atoms with Crippen LogP contribution in [0.15, 0.2) is 22.7 Å². The predicted octanol–water partition coefficient (Wildman–Crippen LogP) is 4.05. The van der Waals surface area contributed by atoms with Crippen molar-refractivity contribution in [3.63, 3.8) is 0 Å². The third-order valence-electron chi connectivity index (χ3n) is 4.11. The molecule has 1 saturated heterocycles. The summed E-state index contributed by atoms with van der Waals surface area (Å²) >= 11 is 3.56. The zero-order valence-electron chi connectivity index (χ0n) is 10.6. The average Bonchev–Trinajstić information content (AvgIpc) is 2.82. The quantitative estimate of drug-likeness (QED) is 0.906. The van der Waals surface area contributed by atoms with Crippen molar-refractivity contribution in [2.75, 3.05) is 13.2 Å². The van der Waals surface area contributed by atoms with E-state index in [1.165, 1.54) is 37.7 Å². The van der Waals surface area contributed by atoms with Crippen LogP contribution in [0.25, 0.3) is 0 Å². The van der Waals surface area contributed by atoms with Gasteiger partial charge in [-0.1, -0.05) is 22.4 Å². The lowest BCUT2D eigenvalue weighted by molar-refractivity contribution is 0.178. The molecule has 0 radical (unpaired) electrons. The predicted molar refractivity (Wildman–Crippen MR) is 77.0 cm³/mol. The van der Waals surface area contributed by atoms with Crippen LogP contribution in [0.3, 0.4) is 0 Å². The second-order valence-corrected chi connectivity index (χ2v) is 6.35. The van der Waals surface area contributed by atoms with Gasteiger partial charge in [0.05, 0.1) is 6.61 Å². The van der Waals surface area contributed by atoms with E-state index in [1.54, 1.807) is 0 Å². The van der Waals surface area contributed by atoms with Crippen molar-refractivity contribution in [1.29, 1.82) is 0 Å². The summed E-state index contributed by atoms with van der Waals surface area (Å²) < 4.78 is 7.19. The highest BCUT2D eigenvalue weighted by atomic mass is 79.9. The topological polar surface area (TPSA) is 21.3 Å². The normalized spacial score (nSPS) is 23.9. The molecule has 1 aromatic rings. The fraction of sp³-hybridized carbons (Fsp3) is 0.600. The van der Waals surface area contributed by atoms with Gasteiger partial charge in [-0.2, -0.15) is 0 Å². The van der Waals surface area contributed by atoms with Gasteiger partial charge in [0.15, 0.2) is 0 Å². The Morgan fingerprint density at radius 1 is 1.22 bits per heavy atom. The molecular formula is C15H20BrNO. The highest BCUT2D eigenvalue weighted by Gasteiger charge is 2.22. The van der Waals surface area contributed by atoms with Gasteiger partial charge in [-0.05, 0) is 56.3 Å². The van der Waals surface area contributed by atoms with Crippen LogP contribution in [0, 0.1) is 5.92 Å². The fourth-order valence-corrected chi connectivity index (χ4v) is 3.12. The maximum atomic E-state index is 6.05. The number of benzene rings is 1. The van der Waals surface area contributed by atoms with E-state index in [0.717, 1.165) is 29.3 Å². The molecule has 0 spiro atoms. The summed E-state index contributed by atoms with van der Waals surface area (Å²) in [6.07, 6.45) is 6.54. The van der Waals surface area contributed by atoms with Crippen molar-refractivity contribution in [3.8, 4) is 5.75 Å². The monoisotopic (exact) mass is 309 g/mol. The molecule has 2 nitrogen and oxygen atoms in total. The second-order valence-electron chi connectivity index (χ2n) is 5.44. The average molecular weight is 310 g/mol. The number of hydrogen-bond acceptors (Lipinski definition) is 2. The van der Waals surface area contributed by atoms with E-state index >= 15 is 0 Å². The van der Waals surface area contributed by atoms with Crippen molar-refractivity contribution >= 4 is 15.9 Å². The van der Waals surface area contributed by atoms with Crippen LogP contribution in [0.5, 0.6) is 5.75 Å².